The third-order valence-electron chi connectivity index (χ3n) is 4.62. The second kappa shape index (κ2) is 11.9. The third kappa shape index (κ3) is 6.04. The molecule has 0 aliphatic heterocycles. The second-order valence-corrected chi connectivity index (χ2v) is 7.62. The standard InChI is InChI=1S/C23H27N5O4S/c1-5-28-22(16-11-12-19(30-3)20(13-16)31-4)26-27-23(28)33-15-21(29)25-24-14-17-9-7-8-10-18(17)32-6-2/h7-14H,5-6,15H2,1-4H3,(H,25,29). The molecule has 10 heteroatoms. The smallest absolute Gasteiger partial charge is 0.250 e. The Balaban J connectivity index is 1.64. The van der Waals surface area contributed by atoms with Gasteiger partial charge in [0.25, 0.3) is 5.91 Å². The van der Waals surface area contributed by atoms with Crippen LogP contribution in [0.15, 0.2) is 52.7 Å². The van der Waals surface area contributed by atoms with Crippen molar-refractivity contribution in [3.05, 3.63) is 48.0 Å². The van der Waals surface area contributed by atoms with Crippen LogP contribution >= 0.6 is 11.8 Å². The lowest BCUT2D eigenvalue weighted by Gasteiger charge is -2.10. The molecule has 1 amide bonds. The van der Waals surface area contributed by atoms with Crippen LogP contribution in [-0.4, -0.2) is 53.5 Å². The number of amides is 1. The molecule has 9 nitrogen and oxygen atoms in total. The molecule has 1 heterocycles. The van der Waals surface area contributed by atoms with Gasteiger partial charge in [0.2, 0.25) is 0 Å². The molecule has 33 heavy (non-hydrogen) atoms. The van der Waals surface area contributed by atoms with Gasteiger partial charge in [-0.25, -0.2) is 5.43 Å². The van der Waals surface area contributed by atoms with Crippen LogP contribution in [0.5, 0.6) is 17.2 Å². The van der Waals surface area contributed by atoms with Crippen LogP contribution < -0.4 is 19.6 Å². The predicted octanol–water partition coefficient (Wildman–Crippen LogP) is 3.62. The van der Waals surface area contributed by atoms with Gasteiger partial charge in [0, 0.05) is 17.7 Å². The summed E-state index contributed by atoms with van der Waals surface area (Å²) in [5.41, 5.74) is 4.17. The summed E-state index contributed by atoms with van der Waals surface area (Å²) in [7, 11) is 3.18. The lowest BCUT2D eigenvalue weighted by molar-refractivity contribution is -0.118. The van der Waals surface area contributed by atoms with Crippen LogP contribution in [0.3, 0.4) is 0 Å². The Morgan fingerprint density at radius 1 is 1.09 bits per heavy atom. The van der Waals surface area contributed by atoms with Gasteiger partial charge in [-0.3, -0.25) is 4.79 Å². The Bertz CT molecular complexity index is 1120. The normalized spacial score (nSPS) is 10.9. The average molecular weight is 470 g/mol. The van der Waals surface area contributed by atoms with Crippen LogP contribution in [0, 0.1) is 0 Å². The molecule has 1 aromatic heterocycles. The molecule has 1 N–H and O–H groups in total. The van der Waals surface area contributed by atoms with Gasteiger partial charge in [-0.05, 0) is 44.2 Å². The van der Waals surface area contributed by atoms with Crippen LogP contribution in [0.4, 0.5) is 0 Å². The topological polar surface area (TPSA) is 99.9 Å². The zero-order chi connectivity index (χ0) is 23.6. The lowest BCUT2D eigenvalue weighted by atomic mass is 10.2. The van der Waals surface area contributed by atoms with Crippen LogP contribution in [-0.2, 0) is 11.3 Å². The fourth-order valence-corrected chi connectivity index (χ4v) is 3.87. The minimum absolute atomic E-state index is 0.147. The fourth-order valence-electron chi connectivity index (χ4n) is 3.08. The number of rotatable bonds is 11. The third-order valence-corrected chi connectivity index (χ3v) is 5.59. The highest BCUT2D eigenvalue weighted by Gasteiger charge is 2.16. The Labute approximate surface area is 197 Å². The van der Waals surface area contributed by atoms with Crippen molar-refractivity contribution < 1.29 is 19.0 Å². The van der Waals surface area contributed by atoms with E-state index in [0.717, 1.165) is 11.1 Å². The number of benzene rings is 2. The minimum atomic E-state index is -0.247. The van der Waals surface area contributed by atoms with Crippen molar-refractivity contribution in [3.8, 4) is 28.6 Å². The lowest BCUT2D eigenvalue weighted by Crippen LogP contribution is -2.20. The van der Waals surface area contributed by atoms with E-state index in [2.05, 4.69) is 20.7 Å². The summed E-state index contributed by atoms with van der Waals surface area (Å²) in [5, 5.41) is 13.3. The largest absolute Gasteiger partial charge is 0.493 e. The van der Waals surface area contributed by atoms with E-state index in [0.29, 0.717) is 41.4 Å². The maximum Gasteiger partial charge on any atom is 0.250 e. The number of para-hydroxylation sites is 1. The first-order valence-corrected chi connectivity index (χ1v) is 11.4. The zero-order valence-corrected chi connectivity index (χ0v) is 19.9. The SMILES string of the molecule is CCOc1ccccc1C=NNC(=O)CSc1nnc(-c2ccc(OC)c(OC)c2)n1CC. The number of nitrogens with one attached hydrogen (secondary N) is 1. The van der Waals surface area contributed by atoms with E-state index in [1.165, 1.54) is 11.8 Å². The van der Waals surface area contributed by atoms with Crippen LogP contribution in [0.1, 0.15) is 19.4 Å². The summed E-state index contributed by atoms with van der Waals surface area (Å²) in [6.45, 7) is 5.11. The monoisotopic (exact) mass is 469 g/mol. The number of hydrazone groups is 1. The van der Waals surface area contributed by atoms with Crippen molar-refractivity contribution in [3.63, 3.8) is 0 Å². The highest BCUT2D eigenvalue weighted by atomic mass is 32.2. The summed E-state index contributed by atoms with van der Waals surface area (Å²) in [5.74, 6) is 2.55. The van der Waals surface area contributed by atoms with E-state index in [4.69, 9.17) is 14.2 Å². The van der Waals surface area contributed by atoms with E-state index < -0.39 is 0 Å². The van der Waals surface area contributed by atoms with E-state index in [1.807, 2.05) is 60.9 Å². The average Bonchev–Trinajstić information content (AvgIpc) is 3.26. The van der Waals surface area contributed by atoms with Gasteiger partial charge >= 0.3 is 0 Å². The number of ether oxygens (including phenoxy) is 3. The van der Waals surface area contributed by atoms with Gasteiger partial charge in [-0.1, -0.05) is 23.9 Å². The first kappa shape index (κ1) is 24.1. The maximum atomic E-state index is 12.3. The highest BCUT2D eigenvalue weighted by molar-refractivity contribution is 7.99. The molecule has 0 aliphatic rings. The summed E-state index contributed by atoms with van der Waals surface area (Å²) in [4.78, 5) is 12.3. The molecule has 0 saturated heterocycles. The summed E-state index contributed by atoms with van der Waals surface area (Å²) in [6.07, 6.45) is 1.57. The molecule has 174 valence electrons. The Morgan fingerprint density at radius 2 is 1.88 bits per heavy atom. The number of hydrogen-bond donors (Lipinski definition) is 1. The maximum absolute atomic E-state index is 12.3. The molecule has 0 fully saturated rings. The Hall–Kier alpha value is -3.53. The van der Waals surface area contributed by atoms with Gasteiger partial charge in [0.1, 0.15) is 5.75 Å². The number of carbonyl (C=O) groups is 1. The minimum Gasteiger partial charge on any atom is -0.493 e. The van der Waals surface area contributed by atoms with Crippen molar-refractivity contribution in [1.82, 2.24) is 20.2 Å². The molecular formula is C23H27N5O4S. The van der Waals surface area contributed by atoms with E-state index >= 15 is 0 Å². The van der Waals surface area contributed by atoms with Gasteiger partial charge < -0.3 is 18.8 Å². The van der Waals surface area contributed by atoms with Crippen molar-refractivity contribution in [2.24, 2.45) is 5.10 Å². The fraction of sp³-hybridized carbons (Fsp3) is 0.304. The second-order valence-electron chi connectivity index (χ2n) is 6.67. The molecule has 3 aromatic rings. The van der Waals surface area contributed by atoms with E-state index in [-0.39, 0.29) is 11.7 Å². The molecule has 0 bridgehead atoms. The van der Waals surface area contributed by atoms with Gasteiger partial charge in [0.05, 0.1) is 32.8 Å². The van der Waals surface area contributed by atoms with Crippen molar-refractivity contribution in [1.29, 1.82) is 0 Å². The molecule has 3 rings (SSSR count). The highest BCUT2D eigenvalue weighted by Crippen LogP contribution is 2.32. The zero-order valence-electron chi connectivity index (χ0n) is 19.1. The van der Waals surface area contributed by atoms with Gasteiger partial charge in [0.15, 0.2) is 22.5 Å². The molecule has 0 spiro atoms. The molecular weight excluding hydrogens is 442 g/mol. The Kier molecular flexibility index (Phi) is 8.71. The number of thioether (sulfide) groups is 1. The number of nitrogens with zero attached hydrogens (tertiary/aromatic N) is 4. The number of methoxy groups -OCH3 is 2. The number of carbonyl (C=O) groups excluding carboxylic acids is 1. The van der Waals surface area contributed by atoms with Gasteiger partial charge in [-0.15, -0.1) is 10.2 Å². The van der Waals surface area contributed by atoms with Crippen molar-refractivity contribution >= 4 is 23.9 Å². The summed E-state index contributed by atoms with van der Waals surface area (Å²) >= 11 is 1.29. The quantitative estimate of drug-likeness (QED) is 0.260. The first-order valence-electron chi connectivity index (χ1n) is 10.4. The molecule has 2 aromatic carbocycles. The molecule has 0 unspecified atom stereocenters. The molecule has 0 radical (unpaired) electrons. The van der Waals surface area contributed by atoms with E-state index in [1.54, 1.807) is 20.4 Å². The van der Waals surface area contributed by atoms with Crippen LogP contribution in [0.2, 0.25) is 0 Å². The summed E-state index contributed by atoms with van der Waals surface area (Å²) in [6, 6.07) is 13.1. The van der Waals surface area contributed by atoms with Gasteiger partial charge in [-0.2, -0.15) is 5.10 Å². The Morgan fingerprint density at radius 3 is 2.61 bits per heavy atom. The van der Waals surface area contributed by atoms with Crippen LogP contribution in [0.25, 0.3) is 11.4 Å². The number of hydrogen-bond acceptors (Lipinski definition) is 8. The number of aromatic nitrogens is 3. The summed E-state index contributed by atoms with van der Waals surface area (Å²) < 4.78 is 18.2. The predicted molar refractivity (Wildman–Crippen MR) is 128 cm³/mol. The first-order chi connectivity index (χ1) is 16.1. The van der Waals surface area contributed by atoms with E-state index in [9.17, 15) is 4.79 Å². The molecule has 0 atom stereocenters. The van der Waals surface area contributed by atoms with Crippen molar-refractivity contribution in [2.75, 3.05) is 26.6 Å². The molecule has 0 saturated carbocycles. The van der Waals surface area contributed by atoms with Crippen molar-refractivity contribution in [2.45, 2.75) is 25.5 Å². The molecule has 0 aliphatic carbocycles.